The number of aromatic amines is 1. The molecule has 3 heterocycles. The second-order valence-electron chi connectivity index (χ2n) is 6.45. The summed E-state index contributed by atoms with van der Waals surface area (Å²) in [6.45, 7) is 4.48. The van der Waals surface area contributed by atoms with Crippen LogP contribution in [0.5, 0.6) is 0 Å². The van der Waals surface area contributed by atoms with E-state index < -0.39 is 0 Å². The number of aromatic nitrogens is 3. The van der Waals surface area contributed by atoms with Crippen molar-refractivity contribution in [3.8, 4) is 0 Å². The molecule has 1 amide bonds. The summed E-state index contributed by atoms with van der Waals surface area (Å²) in [5, 5.41) is 8.15. The zero-order valence-corrected chi connectivity index (χ0v) is 14.9. The molecule has 7 heteroatoms. The largest absolute Gasteiger partial charge is 0.379 e. The average molecular weight is 356 g/mol. The lowest BCUT2D eigenvalue weighted by atomic mass is 9.98. The van der Waals surface area contributed by atoms with Gasteiger partial charge in [-0.15, -0.1) is 11.3 Å². The minimum Gasteiger partial charge on any atom is -0.379 e. The van der Waals surface area contributed by atoms with Crippen LogP contribution in [0.25, 0.3) is 10.9 Å². The van der Waals surface area contributed by atoms with Gasteiger partial charge in [0.2, 0.25) is 0 Å². The highest BCUT2D eigenvalue weighted by molar-refractivity contribution is 7.11. The number of nitrogens with one attached hydrogen (secondary N) is 1. The molecule has 0 unspecified atom stereocenters. The fraction of sp³-hybridized carbons (Fsp3) is 0.389. The smallest absolute Gasteiger partial charge is 0.265 e. The Morgan fingerprint density at radius 3 is 3.24 bits per heavy atom. The molecule has 1 N–H and O–H groups in total. The molecule has 25 heavy (non-hydrogen) atoms. The Labute approximate surface area is 149 Å². The van der Waals surface area contributed by atoms with Crippen molar-refractivity contribution >= 4 is 28.1 Å². The normalized spacial score (nSPS) is 18.4. The first-order chi connectivity index (χ1) is 12.2. The summed E-state index contributed by atoms with van der Waals surface area (Å²) >= 11 is 1.41. The van der Waals surface area contributed by atoms with E-state index >= 15 is 0 Å². The van der Waals surface area contributed by atoms with E-state index in [-0.39, 0.29) is 11.8 Å². The second-order valence-corrected chi connectivity index (χ2v) is 7.31. The van der Waals surface area contributed by atoms with Gasteiger partial charge in [0.15, 0.2) is 0 Å². The van der Waals surface area contributed by atoms with Crippen molar-refractivity contribution in [3.05, 3.63) is 46.0 Å². The number of benzene rings is 1. The predicted octanol–water partition coefficient (Wildman–Crippen LogP) is 2.66. The Hall–Kier alpha value is -2.25. The van der Waals surface area contributed by atoms with E-state index in [9.17, 15) is 4.79 Å². The van der Waals surface area contributed by atoms with Crippen molar-refractivity contribution < 1.29 is 9.53 Å². The Kier molecular flexibility index (Phi) is 4.50. The molecule has 1 aromatic carbocycles. The number of ether oxygens (including phenoxy) is 1. The lowest BCUT2D eigenvalue weighted by molar-refractivity contribution is 0.0741. The Morgan fingerprint density at radius 1 is 1.48 bits per heavy atom. The van der Waals surface area contributed by atoms with Gasteiger partial charge in [-0.1, -0.05) is 6.07 Å². The number of carbonyl (C=O) groups excluding carboxylic acids is 1. The summed E-state index contributed by atoms with van der Waals surface area (Å²) in [7, 11) is 0. The van der Waals surface area contributed by atoms with Crippen LogP contribution >= 0.6 is 11.3 Å². The maximum atomic E-state index is 12.8. The molecule has 1 atom stereocenters. The van der Waals surface area contributed by atoms with Gasteiger partial charge in [0.1, 0.15) is 4.88 Å². The second kappa shape index (κ2) is 6.93. The molecule has 1 aliphatic rings. The standard InChI is InChI=1S/C18H20N4O2S/c1-12-17(25-11-19-12)18(23)22-4-5-24-10-14(9-22)6-13-2-3-16-15(7-13)8-20-21-16/h2-3,7-8,11,14H,4-6,9-10H2,1H3,(H,20,21)/t14-/m0/s1. The van der Waals surface area contributed by atoms with Gasteiger partial charge < -0.3 is 9.64 Å². The number of rotatable bonds is 3. The van der Waals surface area contributed by atoms with Crippen LogP contribution in [0.2, 0.25) is 0 Å². The average Bonchev–Trinajstić information content (AvgIpc) is 3.18. The summed E-state index contributed by atoms with van der Waals surface area (Å²) in [6.07, 6.45) is 2.72. The number of aryl methyl sites for hydroxylation is 1. The van der Waals surface area contributed by atoms with Crippen molar-refractivity contribution in [2.75, 3.05) is 26.3 Å². The molecule has 0 bridgehead atoms. The number of carbonyl (C=O) groups is 1. The molecule has 6 nitrogen and oxygen atoms in total. The molecule has 4 rings (SSSR count). The van der Waals surface area contributed by atoms with Crippen LogP contribution in [-0.4, -0.2) is 52.3 Å². The van der Waals surface area contributed by atoms with E-state index in [0.717, 1.165) is 27.9 Å². The number of thiazole rings is 1. The van der Waals surface area contributed by atoms with Crippen molar-refractivity contribution in [1.82, 2.24) is 20.1 Å². The van der Waals surface area contributed by atoms with E-state index in [1.807, 2.05) is 18.0 Å². The van der Waals surface area contributed by atoms with Gasteiger partial charge >= 0.3 is 0 Å². The summed E-state index contributed by atoms with van der Waals surface area (Å²) < 4.78 is 5.76. The van der Waals surface area contributed by atoms with Gasteiger partial charge in [0.25, 0.3) is 5.91 Å². The zero-order chi connectivity index (χ0) is 17.2. The molecule has 0 saturated carbocycles. The van der Waals surface area contributed by atoms with Crippen molar-refractivity contribution in [2.45, 2.75) is 13.3 Å². The number of H-pyrrole nitrogens is 1. The third kappa shape index (κ3) is 3.43. The van der Waals surface area contributed by atoms with Crippen LogP contribution in [0.1, 0.15) is 20.9 Å². The molecule has 0 radical (unpaired) electrons. The van der Waals surface area contributed by atoms with Gasteiger partial charge in [-0.3, -0.25) is 9.89 Å². The van der Waals surface area contributed by atoms with Crippen molar-refractivity contribution in [2.24, 2.45) is 5.92 Å². The maximum absolute atomic E-state index is 12.8. The SMILES string of the molecule is Cc1ncsc1C(=O)N1CCOC[C@@H](Cc2ccc3[nH]ncc3c2)C1. The lowest BCUT2D eigenvalue weighted by Crippen LogP contribution is -2.36. The molecule has 3 aromatic rings. The van der Waals surface area contributed by atoms with E-state index in [1.165, 1.54) is 16.9 Å². The maximum Gasteiger partial charge on any atom is 0.265 e. The van der Waals surface area contributed by atoms with Crippen LogP contribution in [0.4, 0.5) is 0 Å². The Balaban J connectivity index is 1.49. The van der Waals surface area contributed by atoms with E-state index in [0.29, 0.717) is 26.3 Å². The van der Waals surface area contributed by atoms with E-state index in [1.54, 1.807) is 5.51 Å². The third-order valence-electron chi connectivity index (χ3n) is 4.59. The monoisotopic (exact) mass is 356 g/mol. The molecule has 1 saturated heterocycles. The van der Waals surface area contributed by atoms with Crippen molar-refractivity contribution in [3.63, 3.8) is 0 Å². The van der Waals surface area contributed by atoms with Crippen molar-refractivity contribution in [1.29, 1.82) is 0 Å². The fourth-order valence-electron chi connectivity index (χ4n) is 3.29. The number of fused-ring (bicyclic) bond motifs is 1. The minimum atomic E-state index is 0.0702. The Bertz CT molecular complexity index is 888. The van der Waals surface area contributed by atoms with E-state index in [4.69, 9.17) is 4.74 Å². The van der Waals surface area contributed by atoms with Crippen LogP contribution in [0.3, 0.4) is 0 Å². The van der Waals surface area contributed by atoms with Crippen LogP contribution < -0.4 is 0 Å². The minimum absolute atomic E-state index is 0.0702. The van der Waals surface area contributed by atoms with Gasteiger partial charge in [0.05, 0.1) is 36.1 Å². The summed E-state index contributed by atoms with van der Waals surface area (Å²) in [4.78, 5) is 19.6. The predicted molar refractivity (Wildman–Crippen MR) is 96.9 cm³/mol. The fourth-order valence-corrected chi connectivity index (χ4v) is 4.06. The summed E-state index contributed by atoms with van der Waals surface area (Å²) in [5.41, 5.74) is 4.82. The lowest BCUT2D eigenvalue weighted by Gasteiger charge is -2.23. The first kappa shape index (κ1) is 16.2. The van der Waals surface area contributed by atoms with Gasteiger partial charge in [-0.05, 0) is 31.0 Å². The molecule has 0 spiro atoms. The number of hydrogen-bond donors (Lipinski definition) is 1. The van der Waals surface area contributed by atoms with Crippen LogP contribution in [-0.2, 0) is 11.2 Å². The van der Waals surface area contributed by atoms with E-state index in [2.05, 4.69) is 33.4 Å². The highest BCUT2D eigenvalue weighted by Gasteiger charge is 2.25. The molecular weight excluding hydrogens is 336 g/mol. The molecule has 0 aliphatic carbocycles. The third-order valence-corrected chi connectivity index (χ3v) is 5.51. The van der Waals surface area contributed by atoms with Gasteiger partial charge in [-0.2, -0.15) is 5.10 Å². The molecule has 1 aliphatic heterocycles. The topological polar surface area (TPSA) is 71.1 Å². The molecular formula is C18H20N4O2S. The number of amides is 1. The zero-order valence-electron chi connectivity index (χ0n) is 14.1. The molecule has 2 aromatic heterocycles. The molecule has 130 valence electrons. The highest BCUT2D eigenvalue weighted by atomic mass is 32.1. The highest BCUT2D eigenvalue weighted by Crippen LogP contribution is 2.21. The summed E-state index contributed by atoms with van der Waals surface area (Å²) in [6, 6.07) is 6.33. The first-order valence-electron chi connectivity index (χ1n) is 8.40. The quantitative estimate of drug-likeness (QED) is 0.783. The molecule has 1 fully saturated rings. The van der Waals surface area contributed by atoms with Crippen LogP contribution in [0.15, 0.2) is 29.9 Å². The number of hydrogen-bond acceptors (Lipinski definition) is 5. The van der Waals surface area contributed by atoms with Gasteiger partial charge in [0, 0.05) is 24.4 Å². The van der Waals surface area contributed by atoms with Crippen LogP contribution in [0, 0.1) is 12.8 Å². The van der Waals surface area contributed by atoms with Gasteiger partial charge in [-0.25, -0.2) is 4.98 Å². The first-order valence-corrected chi connectivity index (χ1v) is 9.28. The number of nitrogens with zero attached hydrogens (tertiary/aromatic N) is 3. The Morgan fingerprint density at radius 2 is 2.40 bits per heavy atom. The summed E-state index contributed by atoms with van der Waals surface area (Å²) in [5.74, 6) is 0.352.